The van der Waals surface area contributed by atoms with E-state index in [9.17, 15) is 14.4 Å². The van der Waals surface area contributed by atoms with E-state index in [1.165, 1.54) is 6.08 Å². The third kappa shape index (κ3) is 7.65. The number of ether oxygens (including phenoxy) is 1. The molecule has 1 atom stereocenters. The summed E-state index contributed by atoms with van der Waals surface area (Å²) in [6, 6.07) is 8.58. The molecule has 2 N–H and O–H groups in total. The molecule has 0 aliphatic carbocycles. The number of nitrogens with zero attached hydrogens (tertiary/aromatic N) is 1. The number of hydrogen-bond donors (Lipinski definition) is 2. The van der Waals surface area contributed by atoms with Gasteiger partial charge in [-0.15, -0.1) is 0 Å². The van der Waals surface area contributed by atoms with E-state index in [1.807, 2.05) is 44.2 Å². The fourth-order valence-corrected chi connectivity index (χ4v) is 3.06. The Morgan fingerprint density at radius 3 is 2.76 bits per heavy atom. The van der Waals surface area contributed by atoms with E-state index in [2.05, 4.69) is 10.6 Å². The SMILES string of the molecule is CC(C)CCOC(=O)CC1C(=O)NCCN1C(=S)NC(=O)/C=C/c1ccccc1. The highest BCUT2D eigenvalue weighted by Gasteiger charge is 2.34. The highest BCUT2D eigenvalue weighted by Crippen LogP contribution is 2.11. The van der Waals surface area contributed by atoms with Crippen molar-refractivity contribution in [2.75, 3.05) is 19.7 Å². The number of amides is 2. The quantitative estimate of drug-likeness (QED) is 0.400. The summed E-state index contributed by atoms with van der Waals surface area (Å²) in [5.74, 6) is -0.753. The maximum atomic E-state index is 12.3. The Morgan fingerprint density at radius 2 is 2.07 bits per heavy atom. The van der Waals surface area contributed by atoms with Crippen LogP contribution in [-0.2, 0) is 19.1 Å². The number of piperazine rings is 1. The van der Waals surface area contributed by atoms with Gasteiger partial charge in [0.2, 0.25) is 11.8 Å². The minimum absolute atomic E-state index is 0.113. The fraction of sp³-hybridized carbons (Fsp3) is 0.429. The van der Waals surface area contributed by atoms with Gasteiger partial charge in [-0.25, -0.2) is 0 Å². The lowest BCUT2D eigenvalue weighted by Crippen LogP contribution is -2.60. The number of rotatable bonds is 7. The normalized spacial score (nSPS) is 16.6. The predicted octanol–water partition coefficient (Wildman–Crippen LogP) is 1.88. The topological polar surface area (TPSA) is 87.7 Å². The van der Waals surface area contributed by atoms with Gasteiger partial charge in [-0.3, -0.25) is 19.7 Å². The van der Waals surface area contributed by atoms with E-state index < -0.39 is 17.9 Å². The third-order valence-electron chi connectivity index (χ3n) is 4.37. The van der Waals surface area contributed by atoms with Gasteiger partial charge < -0.3 is 15.0 Å². The van der Waals surface area contributed by atoms with Crippen LogP contribution in [0.25, 0.3) is 6.08 Å². The maximum absolute atomic E-state index is 12.3. The van der Waals surface area contributed by atoms with E-state index in [0.717, 1.165) is 12.0 Å². The molecule has 0 radical (unpaired) electrons. The fourth-order valence-electron chi connectivity index (χ4n) is 2.74. The van der Waals surface area contributed by atoms with Crippen molar-refractivity contribution in [3.8, 4) is 0 Å². The average Bonchev–Trinajstić information content (AvgIpc) is 2.68. The second-order valence-electron chi connectivity index (χ2n) is 7.15. The van der Waals surface area contributed by atoms with Gasteiger partial charge in [-0.1, -0.05) is 44.2 Å². The molecule has 7 nitrogen and oxygen atoms in total. The molecule has 0 aromatic heterocycles. The summed E-state index contributed by atoms with van der Waals surface area (Å²) in [6.07, 6.45) is 3.68. The Labute approximate surface area is 176 Å². The number of thiocarbonyl (C=S) groups is 1. The molecule has 1 aromatic rings. The molecule has 2 amide bonds. The molecule has 1 aliphatic rings. The molecule has 1 aliphatic heterocycles. The summed E-state index contributed by atoms with van der Waals surface area (Å²) in [5.41, 5.74) is 0.882. The Hall–Kier alpha value is -2.74. The number of benzene rings is 1. The average molecular weight is 418 g/mol. The van der Waals surface area contributed by atoms with E-state index in [0.29, 0.717) is 25.6 Å². The number of nitrogens with one attached hydrogen (secondary N) is 2. The van der Waals surface area contributed by atoms with Crippen molar-refractivity contribution in [2.45, 2.75) is 32.7 Å². The van der Waals surface area contributed by atoms with E-state index in [4.69, 9.17) is 17.0 Å². The van der Waals surface area contributed by atoms with Crippen molar-refractivity contribution in [1.29, 1.82) is 0 Å². The standard InChI is InChI=1S/C21H27N3O4S/c1-15(2)10-13-28-19(26)14-17-20(27)22-11-12-24(17)21(29)23-18(25)9-8-16-6-4-3-5-7-16/h3-9,15,17H,10-14H2,1-2H3,(H,22,27)(H,23,25,29)/b9-8+. The summed E-state index contributed by atoms with van der Waals surface area (Å²) < 4.78 is 5.21. The second kappa shape index (κ2) is 11.3. The minimum atomic E-state index is -0.804. The van der Waals surface area contributed by atoms with Crippen molar-refractivity contribution in [1.82, 2.24) is 15.5 Å². The Morgan fingerprint density at radius 1 is 1.34 bits per heavy atom. The number of esters is 1. The minimum Gasteiger partial charge on any atom is -0.466 e. The molecule has 0 saturated carbocycles. The van der Waals surface area contributed by atoms with Crippen LogP contribution in [0.15, 0.2) is 36.4 Å². The first-order valence-electron chi connectivity index (χ1n) is 9.65. The Kier molecular flexibility index (Phi) is 8.79. The molecule has 1 fully saturated rings. The van der Waals surface area contributed by atoms with Gasteiger partial charge in [0.15, 0.2) is 5.11 Å². The molecule has 2 rings (SSSR count). The Balaban J connectivity index is 1.93. The first-order valence-corrected chi connectivity index (χ1v) is 10.1. The summed E-state index contributed by atoms with van der Waals surface area (Å²) in [7, 11) is 0. The highest BCUT2D eigenvalue weighted by molar-refractivity contribution is 7.80. The van der Waals surface area contributed by atoms with Gasteiger partial charge in [-0.05, 0) is 36.2 Å². The van der Waals surface area contributed by atoms with E-state index >= 15 is 0 Å². The lowest BCUT2D eigenvalue weighted by Gasteiger charge is -2.36. The van der Waals surface area contributed by atoms with Crippen LogP contribution >= 0.6 is 12.2 Å². The van der Waals surface area contributed by atoms with Gasteiger partial charge in [0, 0.05) is 19.2 Å². The molecule has 0 bridgehead atoms. The van der Waals surface area contributed by atoms with Crippen LogP contribution < -0.4 is 10.6 Å². The largest absolute Gasteiger partial charge is 0.466 e. The molecule has 1 aromatic carbocycles. The number of carbonyl (C=O) groups excluding carboxylic acids is 3. The molecular formula is C21H27N3O4S. The van der Waals surface area contributed by atoms with Gasteiger partial charge in [0.05, 0.1) is 13.0 Å². The number of hydrogen-bond acceptors (Lipinski definition) is 5. The van der Waals surface area contributed by atoms with Crippen LogP contribution in [-0.4, -0.2) is 53.5 Å². The monoisotopic (exact) mass is 417 g/mol. The van der Waals surface area contributed by atoms with Crippen LogP contribution in [0.5, 0.6) is 0 Å². The molecule has 8 heteroatoms. The first-order chi connectivity index (χ1) is 13.9. The van der Waals surface area contributed by atoms with Crippen LogP contribution in [0.3, 0.4) is 0 Å². The van der Waals surface area contributed by atoms with Crippen molar-refractivity contribution in [2.24, 2.45) is 5.92 Å². The molecule has 0 spiro atoms. The highest BCUT2D eigenvalue weighted by atomic mass is 32.1. The molecule has 1 saturated heterocycles. The molecule has 1 heterocycles. The van der Waals surface area contributed by atoms with Gasteiger partial charge >= 0.3 is 5.97 Å². The summed E-state index contributed by atoms with van der Waals surface area (Å²) in [6.45, 7) is 5.18. The zero-order valence-corrected chi connectivity index (χ0v) is 17.5. The summed E-state index contributed by atoms with van der Waals surface area (Å²) in [4.78, 5) is 38.1. The second-order valence-corrected chi connectivity index (χ2v) is 7.53. The molecule has 1 unspecified atom stereocenters. The van der Waals surface area contributed by atoms with Crippen molar-refractivity contribution in [3.05, 3.63) is 42.0 Å². The Bertz CT molecular complexity index is 764. The molecular weight excluding hydrogens is 390 g/mol. The lowest BCUT2D eigenvalue weighted by atomic mass is 10.1. The van der Waals surface area contributed by atoms with Crippen LogP contribution in [0.4, 0.5) is 0 Å². The van der Waals surface area contributed by atoms with Gasteiger partial charge in [-0.2, -0.15) is 0 Å². The number of carbonyl (C=O) groups is 3. The van der Waals surface area contributed by atoms with Crippen LogP contribution in [0.2, 0.25) is 0 Å². The summed E-state index contributed by atoms with van der Waals surface area (Å²) >= 11 is 5.31. The lowest BCUT2D eigenvalue weighted by molar-refractivity contribution is -0.147. The van der Waals surface area contributed by atoms with Crippen LogP contribution in [0, 0.1) is 5.92 Å². The van der Waals surface area contributed by atoms with Gasteiger partial charge in [0.1, 0.15) is 6.04 Å². The third-order valence-corrected chi connectivity index (χ3v) is 4.70. The molecule has 156 valence electrons. The van der Waals surface area contributed by atoms with Crippen LogP contribution in [0.1, 0.15) is 32.3 Å². The maximum Gasteiger partial charge on any atom is 0.308 e. The smallest absolute Gasteiger partial charge is 0.308 e. The van der Waals surface area contributed by atoms with Crippen molar-refractivity contribution < 1.29 is 19.1 Å². The van der Waals surface area contributed by atoms with Crippen molar-refractivity contribution in [3.63, 3.8) is 0 Å². The van der Waals surface area contributed by atoms with E-state index in [-0.39, 0.29) is 17.4 Å². The molecule has 29 heavy (non-hydrogen) atoms. The van der Waals surface area contributed by atoms with Gasteiger partial charge in [0.25, 0.3) is 0 Å². The zero-order chi connectivity index (χ0) is 21.2. The van der Waals surface area contributed by atoms with Crippen molar-refractivity contribution >= 4 is 41.2 Å². The predicted molar refractivity (Wildman–Crippen MR) is 115 cm³/mol. The summed E-state index contributed by atoms with van der Waals surface area (Å²) in [5, 5.41) is 5.44. The van der Waals surface area contributed by atoms with E-state index in [1.54, 1.807) is 11.0 Å². The zero-order valence-electron chi connectivity index (χ0n) is 16.7. The first kappa shape index (κ1) is 22.5.